The summed E-state index contributed by atoms with van der Waals surface area (Å²) in [4.78, 5) is 14.8. The summed E-state index contributed by atoms with van der Waals surface area (Å²) in [5.41, 5.74) is 2.17. The number of hydrogen-bond acceptors (Lipinski definition) is 6. The molecule has 106 valence electrons. The van der Waals surface area contributed by atoms with Gasteiger partial charge in [-0.3, -0.25) is 10.1 Å². The third-order valence-corrected chi connectivity index (χ3v) is 3.63. The standard InChI is InChI=1S/C12H21N5O2/c1-4-12(5-2,6-3)15-11-9(17(18)19)7-8-10(14-11)16-13/h7-8H,4-6,13H2,1-3H3,(H2,14,15,16). The summed E-state index contributed by atoms with van der Waals surface area (Å²) in [6.07, 6.45) is 2.58. The molecule has 0 aliphatic carbocycles. The highest BCUT2D eigenvalue weighted by Gasteiger charge is 2.28. The molecule has 19 heavy (non-hydrogen) atoms. The molecule has 0 saturated heterocycles. The Morgan fingerprint density at radius 3 is 2.32 bits per heavy atom. The number of aromatic nitrogens is 1. The van der Waals surface area contributed by atoms with Crippen LogP contribution in [0.2, 0.25) is 0 Å². The largest absolute Gasteiger partial charge is 0.359 e. The van der Waals surface area contributed by atoms with Gasteiger partial charge in [-0.25, -0.2) is 10.8 Å². The van der Waals surface area contributed by atoms with Gasteiger partial charge in [0.25, 0.3) is 0 Å². The van der Waals surface area contributed by atoms with Crippen LogP contribution in [0.15, 0.2) is 12.1 Å². The van der Waals surface area contributed by atoms with Gasteiger partial charge in [0, 0.05) is 11.6 Å². The van der Waals surface area contributed by atoms with Crippen LogP contribution < -0.4 is 16.6 Å². The van der Waals surface area contributed by atoms with E-state index < -0.39 is 4.92 Å². The Bertz CT molecular complexity index is 437. The van der Waals surface area contributed by atoms with Crippen molar-refractivity contribution < 1.29 is 4.92 Å². The molecule has 0 aliphatic heterocycles. The van der Waals surface area contributed by atoms with E-state index >= 15 is 0 Å². The second-order valence-corrected chi connectivity index (χ2v) is 4.43. The molecular formula is C12H21N5O2. The maximum atomic E-state index is 11.0. The molecule has 1 aromatic rings. The molecule has 0 fully saturated rings. The summed E-state index contributed by atoms with van der Waals surface area (Å²) in [6, 6.07) is 2.88. The topological polar surface area (TPSA) is 106 Å². The number of anilines is 2. The highest BCUT2D eigenvalue weighted by Crippen LogP contribution is 2.30. The predicted molar refractivity (Wildman–Crippen MR) is 75.9 cm³/mol. The molecule has 1 aromatic heterocycles. The molecule has 4 N–H and O–H groups in total. The van der Waals surface area contributed by atoms with Gasteiger partial charge in [0.05, 0.1) is 4.92 Å². The zero-order valence-electron chi connectivity index (χ0n) is 11.6. The molecular weight excluding hydrogens is 246 g/mol. The van der Waals surface area contributed by atoms with Crippen LogP contribution in [-0.4, -0.2) is 15.4 Å². The fourth-order valence-corrected chi connectivity index (χ4v) is 2.04. The molecule has 0 radical (unpaired) electrons. The first-order valence-electron chi connectivity index (χ1n) is 6.42. The summed E-state index contributed by atoms with van der Waals surface area (Å²) in [5, 5.41) is 14.3. The number of nitrogens with two attached hydrogens (primary N) is 1. The monoisotopic (exact) mass is 267 g/mol. The van der Waals surface area contributed by atoms with Crippen LogP contribution in [0.25, 0.3) is 0 Å². The minimum atomic E-state index is -0.443. The first kappa shape index (κ1) is 15.2. The molecule has 0 amide bonds. The lowest BCUT2D eigenvalue weighted by Crippen LogP contribution is -2.36. The fourth-order valence-electron chi connectivity index (χ4n) is 2.04. The molecule has 0 unspecified atom stereocenters. The molecule has 0 bridgehead atoms. The Morgan fingerprint density at radius 1 is 1.32 bits per heavy atom. The van der Waals surface area contributed by atoms with E-state index in [1.165, 1.54) is 12.1 Å². The van der Waals surface area contributed by atoms with Crippen molar-refractivity contribution in [3.63, 3.8) is 0 Å². The first-order chi connectivity index (χ1) is 9.01. The van der Waals surface area contributed by atoms with Gasteiger partial charge in [0.2, 0.25) is 5.82 Å². The van der Waals surface area contributed by atoms with Crippen LogP contribution in [0.4, 0.5) is 17.3 Å². The SMILES string of the molecule is CCC(CC)(CC)Nc1nc(NN)ccc1[N+](=O)[O-]. The van der Waals surface area contributed by atoms with Crippen LogP contribution in [-0.2, 0) is 0 Å². The van der Waals surface area contributed by atoms with E-state index in [0.717, 1.165) is 19.3 Å². The summed E-state index contributed by atoms with van der Waals surface area (Å²) in [7, 11) is 0. The second kappa shape index (κ2) is 6.33. The van der Waals surface area contributed by atoms with Crippen molar-refractivity contribution >= 4 is 17.3 Å². The molecule has 7 nitrogen and oxygen atoms in total. The zero-order valence-corrected chi connectivity index (χ0v) is 11.6. The van der Waals surface area contributed by atoms with Crippen molar-refractivity contribution in [3.05, 3.63) is 22.2 Å². The Kier molecular flexibility index (Phi) is 5.05. The van der Waals surface area contributed by atoms with Gasteiger partial charge in [0.1, 0.15) is 5.82 Å². The van der Waals surface area contributed by atoms with Crippen molar-refractivity contribution in [2.24, 2.45) is 5.84 Å². The molecule has 1 rings (SSSR count). The van der Waals surface area contributed by atoms with Crippen LogP contribution in [0.5, 0.6) is 0 Å². The quantitative estimate of drug-likeness (QED) is 0.398. The average molecular weight is 267 g/mol. The van der Waals surface area contributed by atoms with Crippen molar-refractivity contribution in [2.45, 2.75) is 45.6 Å². The zero-order chi connectivity index (χ0) is 14.5. The number of hydrogen-bond donors (Lipinski definition) is 3. The van der Waals surface area contributed by atoms with Crippen LogP contribution in [0.3, 0.4) is 0 Å². The maximum Gasteiger partial charge on any atom is 0.311 e. The Labute approximate surface area is 112 Å². The van der Waals surface area contributed by atoms with Gasteiger partial charge in [-0.15, -0.1) is 0 Å². The second-order valence-electron chi connectivity index (χ2n) is 4.43. The van der Waals surface area contributed by atoms with Gasteiger partial charge in [-0.05, 0) is 25.3 Å². The van der Waals surface area contributed by atoms with Crippen LogP contribution in [0, 0.1) is 10.1 Å². The summed E-state index contributed by atoms with van der Waals surface area (Å²) in [6.45, 7) is 6.16. The summed E-state index contributed by atoms with van der Waals surface area (Å²) in [5.74, 6) is 5.95. The van der Waals surface area contributed by atoms with Gasteiger partial charge < -0.3 is 10.7 Å². The van der Waals surface area contributed by atoms with Crippen molar-refractivity contribution in [2.75, 3.05) is 10.7 Å². The van der Waals surface area contributed by atoms with Crippen LogP contribution >= 0.6 is 0 Å². The lowest BCUT2D eigenvalue weighted by atomic mass is 9.90. The number of rotatable bonds is 7. The van der Waals surface area contributed by atoms with Crippen molar-refractivity contribution in [1.29, 1.82) is 0 Å². The highest BCUT2D eigenvalue weighted by molar-refractivity contribution is 5.61. The molecule has 1 heterocycles. The van der Waals surface area contributed by atoms with E-state index in [9.17, 15) is 10.1 Å². The molecule has 0 saturated carbocycles. The predicted octanol–water partition coefficient (Wildman–Crippen LogP) is 2.66. The van der Waals surface area contributed by atoms with E-state index in [0.29, 0.717) is 5.82 Å². The lowest BCUT2D eigenvalue weighted by Gasteiger charge is -2.32. The first-order valence-corrected chi connectivity index (χ1v) is 6.42. The summed E-state index contributed by atoms with van der Waals surface area (Å²) < 4.78 is 0. The van der Waals surface area contributed by atoms with E-state index in [-0.39, 0.29) is 17.0 Å². The van der Waals surface area contributed by atoms with Gasteiger partial charge in [-0.1, -0.05) is 20.8 Å². The third-order valence-electron chi connectivity index (χ3n) is 3.63. The van der Waals surface area contributed by atoms with Gasteiger partial charge in [-0.2, -0.15) is 0 Å². The van der Waals surface area contributed by atoms with Crippen molar-refractivity contribution in [3.8, 4) is 0 Å². The molecule has 0 aromatic carbocycles. The minimum Gasteiger partial charge on any atom is -0.359 e. The smallest absolute Gasteiger partial charge is 0.311 e. The Balaban J connectivity index is 3.19. The third kappa shape index (κ3) is 3.31. The van der Waals surface area contributed by atoms with E-state index in [4.69, 9.17) is 5.84 Å². The molecule has 0 aliphatic rings. The molecule has 0 spiro atoms. The number of nitro groups is 1. The van der Waals surface area contributed by atoms with Crippen molar-refractivity contribution in [1.82, 2.24) is 4.98 Å². The molecule has 0 atom stereocenters. The number of nitrogens with zero attached hydrogens (tertiary/aromatic N) is 2. The van der Waals surface area contributed by atoms with Gasteiger partial charge >= 0.3 is 5.69 Å². The number of nitrogens with one attached hydrogen (secondary N) is 2. The number of pyridine rings is 1. The summed E-state index contributed by atoms with van der Waals surface area (Å²) >= 11 is 0. The Hall–Kier alpha value is -1.89. The normalized spacial score (nSPS) is 11.2. The van der Waals surface area contributed by atoms with E-state index in [1.54, 1.807) is 0 Å². The number of hydrazine groups is 1. The van der Waals surface area contributed by atoms with E-state index in [1.807, 2.05) is 0 Å². The maximum absolute atomic E-state index is 11.0. The average Bonchev–Trinajstić information content (AvgIpc) is 2.44. The molecule has 7 heteroatoms. The fraction of sp³-hybridized carbons (Fsp3) is 0.583. The van der Waals surface area contributed by atoms with Gasteiger partial charge in [0.15, 0.2) is 0 Å². The minimum absolute atomic E-state index is 0.0428. The Morgan fingerprint density at radius 2 is 1.89 bits per heavy atom. The number of nitrogen functional groups attached to an aromatic ring is 1. The lowest BCUT2D eigenvalue weighted by molar-refractivity contribution is -0.384. The van der Waals surface area contributed by atoms with Crippen LogP contribution in [0.1, 0.15) is 40.0 Å². The van der Waals surface area contributed by atoms with E-state index in [2.05, 4.69) is 36.5 Å². The highest BCUT2D eigenvalue weighted by atomic mass is 16.6.